The lowest BCUT2D eigenvalue weighted by Gasteiger charge is -2.32. The zero-order valence-corrected chi connectivity index (χ0v) is 32.4. The number of aromatic nitrogens is 4. The fourth-order valence-electron chi connectivity index (χ4n) is 6.83. The highest BCUT2D eigenvalue weighted by molar-refractivity contribution is 7.10. The molecule has 286 valence electrons. The molecular weight excluding hydrogens is 727 g/mol. The van der Waals surface area contributed by atoms with E-state index in [-0.39, 0.29) is 12.1 Å². The predicted octanol–water partition coefficient (Wildman–Crippen LogP) is 7.11. The molecule has 6 rings (SSSR count). The van der Waals surface area contributed by atoms with E-state index in [1.54, 1.807) is 69.2 Å². The molecule has 5 aromatic rings. The van der Waals surface area contributed by atoms with Crippen molar-refractivity contribution in [3.8, 4) is 23.1 Å². The Morgan fingerprint density at radius 1 is 1.11 bits per heavy atom. The summed E-state index contributed by atoms with van der Waals surface area (Å²) in [5.41, 5.74) is 1.63. The summed E-state index contributed by atoms with van der Waals surface area (Å²) in [6.07, 6.45) is 3.89. The van der Waals surface area contributed by atoms with Gasteiger partial charge in [-0.05, 0) is 94.5 Å². The molecule has 1 N–H and O–H groups in total. The molecular formula is C41H43F2N6O5S+. The van der Waals surface area contributed by atoms with Gasteiger partial charge in [-0.1, -0.05) is 25.1 Å². The van der Waals surface area contributed by atoms with Crippen LogP contribution in [0.15, 0.2) is 72.6 Å². The number of rotatable bonds is 10. The summed E-state index contributed by atoms with van der Waals surface area (Å²) < 4.78 is 44.1. The maximum atomic E-state index is 15.4. The summed E-state index contributed by atoms with van der Waals surface area (Å²) in [5.74, 6) is -2.49. The first kappa shape index (κ1) is 39.2. The second kappa shape index (κ2) is 15.7. The van der Waals surface area contributed by atoms with Crippen molar-refractivity contribution in [3.05, 3.63) is 117 Å². The summed E-state index contributed by atoms with van der Waals surface area (Å²) in [5, 5.41) is 28.4. The first-order valence-corrected chi connectivity index (χ1v) is 18.8. The van der Waals surface area contributed by atoms with Gasteiger partial charge < -0.3 is 14.6 Å². The minimum absolute atomic E-state index is 0.0956. The number of carbonyl (C=O) groups is 2. The number of halogens is 2. The molecule has 1 unspecified atom stereocenters. The standard InChI is InChI=1S/C41H43F2N6O5S/c1-25-16-29(17-26(2)36(25)53-38(50)35-8-7-15-49(35)39(51)54-40(4,5)6)20-47-23-45-48(24-47)22-41(52,32-14-13-31(42)18-33(32)43)27(3)37-46-34(21-55-37)30-11-9-28(19-44)10-12-30/h9-14,16-18,21,23-24,27,35,52H,7-8,15,20,22H2,1-6H3/q+1/t27-,35?,41+/m0/s1. The fraction of sp³-hybridized carbons (Fsp3) is 0.366. The van der Waals surface area contributed by atoms with Crippen molar-refractivity contribution in [3.63, 3.8) is 0 Å². The molecule has 0 radical (unpaired) electrons. The van der Waals surface area contributed by atoms with Crippen molar-refractivity contribution in [2.75, 3.05) is 6.54 Å². The second-order valence-electron chi connectivity index (χ2n) is 15.0. The zero-order chi connectivity index (χ0) is 39.7. The van der Waals surface area contributed by atoms with Gasteiger partial charge in [0.1, 0.15) is 41.2 Å². The van der Waals surface area contributed by atoms with Crippen LogP contribution in [0.25, 0.3) is 11.3 Å². The van der Waals surface area contributed by atoms with E-state index in [0.29, 0.717) is 47.9 Å². The highest BCUT2D eigenvalue weighted by Gasteiger charge is 2.43. The van der Waals surface area contributed by atoms with E-state index < -0.39 is 46.9 Å². The Labute approximate surface area is 322 Å². The molecule has 0 saturated carbocycles. The number of aryl methyl sites for hydroxylation is 2. The van der Waals surface area contributed by atoms with Crippen LogP contribution in [-0.4, -0.2) is 55.0 Å². The highest BCUT2D eigenvalue weighted by Crippen LogP contribution is 2.41. The van der Waals surface area contributed by atoms with E-state index in [9.17, 15) is 19.1 Å². The predicted molar refractivity (Wildman–Crippen MR) is 200 cm³/mol. The monoisotopic (exact) mass is 769 g/mol. The zero-order valence-electron chi connectivity index (χ0n) is 31.5. The number of nitrogens with zero attached hydrogens (tertiary/aromatic N) is 6. The number of hydrogen-bond acceptors (Lipinski definition) is 9. The van der Waals surface area contributed by atoms with Crippen molar-refractivity contribution in [2.45, 2.75) is 90.6 Å². The van der Waals surface area contributed by atoms with Crippen LogP contribution in [-0.2, 0) is 28.2 Å². The first-order chi connectivity index (χ1) is 26.0. The van der Waals surface area contributed by atoms with Gasteiger partial charge in [0.25, 0.3) is 6.33 Å². The maximum Gasteiger partial charge on any atom is 0.411 e. The average Bonchev–Trinajstić information content (AvgIpc) is 3.91. The summed E-state index contributed by atoms with van der Waals surface area (Å²) in [4.78, 5) is 32.2. The quantitative estimate of drug-likeness (QED) is 0.0903. The molecule has 2 aromatic heterocycles. The minimum atomic E-state index is -1.89. The molecule has 1 aliphatic rings. The Morgan fingerprint density at radius 3 is 2.47 bits per heavy atom. The van der Waals surface area contributed by atoms with Gasteiger partial charge in [0, 0.05) is 40.1 Å². The molecule has 14 heteroatoms. The first-order valence-electron chi connectivity index (χ1n) is 17.9. The Morgan fingerprint density at radius 2 is 1.82 bits per heavy atom. The molecule has 1 aliphatic heterocycles. The number of nitriles is 1. The van der Waals surface area contributed by atoms with Gasteiger partial charge in [0.2, 0.25) is 6.33 Å². The lowest BCUT2D eigenvalue weighted by Crippen LogP contribution is -2.44. The third kappa shape index (κ3) is 8.74. The lowest BCUT2D eigenvalue weighted by molar-refractivity contribution is -0.689. The smallest absolute Gasteiger partial charge is 0.411 e. The van der Waals surface area contributed by atoms with Gasteiger partial charge in [-0.2, -0.15) is 5.26 Å². The van der Waals surface area contributed by atoms with Crippen molar-refractivity contribution < 1.29 is 37.5 Å². The fourth-order valence-corrected chi connectivity index (χ4v) is 7.80. The summed E-state index contributed by atoms with van der Waals surface area (Å²) >= 11 is 1.31. The molecule has 3 heterocycles. The van der Waals surface area contributed by atoms with Crippen LogP contribution in [0, 0.1) is 36.8 Å². The number of benzene rings is 3. The molecule has 1 amide bonds. The van der Waals surface area contributed by atoms with Crippen LogP contribution in [0.2, 0.25) is 0 Å². The summed E-state index contributed by atoms with van der Waals surface area (Å²) in [6.45, 7) is 11.4. The van der Waals surface area contributed by atoms with Gasteiger partial charge in [-0.15, -0.1) is 16.0 Å². The van der Waals surface area contributed by atoms with E-state index >= 15 is 4.39 Å². The number of amides is 1. The lowest BCUT2D eigenvalue weighted by atomic mass is 9.82. The van der Waals surface area contributed by atoms with E-state index in [1.165, 1.54) is 27.0 Å². The van der Waals surface area contributed by atoms with Gasteiger partial charge in [0.15, 0.2) is 0 Å². The number of hydrogen-bond donors (Lipinski definition) is 1. The molecule has 0 bridgehead atoms. The van der Waals surface area contributed by atoms with E-state index in [2.05, 4.69) is 11.2 Å². The van der Waals surface area contributed by atoms with Crippen LogP contribution < -0.4 is 9.30 Å². The normalized spacial score (nSPS) is 16.0. The van der Waals surface area contributed by atoms with Crippen molar-refractivity contribution >= 4 is 23.4 Å². The van der Waals surface area contributed by atoms with E-state index in [1.807, 2.05) is 31.4 Å². The SMILES string of the molecule is Cc1cc(C[n+]2cnn(C[C@](O)(c3ccc(F)cc3F)[C@@H](C)c3nc(-c4ccc(C#N)cc4)cs3)c2)cc(C)c1OC(=O)C1CCCN1C(=O)OC(C)(C)C. The third-order valence-corrected chi connectivity index (χ3v) is 10.6. The number of thiazole rings is 1. The van der Waals surface area contributed by atoms with E-state index in [4.69, 9.17) is 19.7 Å². The molecule has 1 saturated heterocycles. The minimum Gasteiger partial charge on any atom is -0.444 e. The van der Waals surface area contributed by atoms with Crippen molar-refractivity contribution in [1.29, 1.82) is 5.26 Å². The molecule has 0 spiro atoms. The van der Waals surface area contributed by atoms with Gasteiger partial charge in [-0.3, -0.25) is 4.90 Å². The number of carbonyl (C=O) groups excluding carboxylic acids is 2. The molecule has 3 aromatic carbocycles. The molecule has 0 aliphatic carbocycles. The Kier molecular flexibility index (Phi) is 11.2. The van der Waals surface area contributed by atoms with Crippen LogP contribution in [0.1, 0.15) is 79.3 Å². The van der Waals surface area contributed by atoms with E-state index in [0.717, 1.165) is 34.4 Å². The number of likely N-dealkylation sites (tertiary alicyclic amines) is 1. The van der Waals surface area contributed by atoms with Crippen LogP contribution in [0.5, 0.6) is 5.75 Å². The number of ether oxygens (including phenoxy) is 2. The van der Waals surface area contributed by atoms with Crippen LogP contribution >= 0.6 is 11.3 Å². The van der Waals surface area contributed by atoms with Crippen molar-refractivity contribution in [2.24, 2.45) is 0 Å². The molecule has 11 nitrogen and oxygen atoms in total. The van der Waals surface area contributed by atoms with Crippen molar-refractivity contribution in [1.82, 2.24) is 19.7 Å². The van der Waals surface area contributed by atoms with Crippen LogP contribution in [0.3, 0.4) is 0 Å². The Bertz CT molecular complexity index is 2240. The largest absolute Gasteiger partial charge is 0.444 e. The third-order valence-electron chi connectivity index (χ3n) is 9.59. The summed E-state index contributed by atoms with van der Waals surface area (Å²) in [7, 11) is 0. The van der Waals surface area contributed by atoms with Gasteiger partial charge in [0.05, 0.1) is 28.9 Å². The Balaban J connectivity index is 1.19. The second-order valence-corrected chi connectivity index (χ2v) is 15.8. The molecule has 3 atom stereocenters. The highest BCUT2D eigenvalue weighted by atomic mass is 32.1. The number of esters is 1. The van der Waals surface area contributed by atoms with Crippen LogP contribution in [0.4, 0.5) is 13.6 Å². The van der Waals surface area contributed by atoms with Gasteiger partial charge in [-0.25, -0.2) is 27.9 Å². The maximum absolute atomic E-state index is 15.4. The Hall–Kier alpha value is -5.52. The summed E-state index contributed by atoms with van der Waals surface area (Å²) in [6, 6.07) is 15.2. The molecule has 55 heavy (non-hydrogen) atoms. The molecule has 1 fully saturated rings. The average molecular weight is 770 g/mol. The topological polar surface area (TPSA) is 134 Å². The van der Waals surface area contributed by atoms with Gasteiger partial charge >= 0.3 is 12.1 Å². The number of aliphatic hydroxyl groups is 1.